The molecule has 3 heteroatoms. The summed E-state index contributed by atoms with van der Waals surface area (Å²) in [7, 11) is 3.38. The summed E-state index contributed by atoms with van der Waals surface area (Å²) in [4.78, 5) is 0. The Labute approximate surface area is 96.8 Å². The molecule has 3 nitrogen and oxygen atoms in total. The molecular formula is C13H19NO2. The van der Waals surface area contributed by atoms with E-state index in [9.17, 15) is 0 Å². The second-order valence-electron chi connectivity index (χ2n) is 4.28. The van der Waals surface area contributed by atoms with Gasteiger partial charge in [-0.05, 0) is 49.5 Å². The third-order valence-corrected chi connectivity index (χ3v) is 3.10. The predicted octanol–water partition coefficient (Wildman–Crippen LogP) is 1.86. The highest BCUT2D eigenvalue weighted by Crippen LogP contribution is 2.25. The molecule has 1 aromatic carbocycles. The third-order valence-electron chi connectivity index (χ3n) is 3.10. The Kier molecular flexibility index (Phi) is 3.67. The summed E-state index contributed by atoms with van der Waals surface area (Å²) < 4.78 is 10.5. The van der Waals surface area contributed by atoms with Crippen LogP contribution in [0.5, 0.6) is 11.5 Å². The van der Waals surface area contributed by atoms with E-state index in [2.05, 4.69) is 17.4 Å². The lowest BCUT2D eigenvalue weighted by Crippen LogP contribution is -2.10. The van der Waals surface area contributed by atoms with Crippen molar-refractivity contribution in [2.45, 2.75) is 12.8 Å². The smallest absolute Gasteiger partial charge is 0.122 e. The van der Waals surface area contributed by atoms with Crippen LogP contribution in [0.2, 0.25) is 0 Å². The van der Waals surface area contributed by atoms with Crippen LogP contribution in [0.15, 0.2) is 18.2 Å². The Balaban J connectivity index is 2.12. The van der Waals surface area contributed by atoms with Gasteiger partial charge in [-0.1, -0.05) is 0 Å². The summed E-state index contributed by atoms with van der Waals surface area (Å²) in [5, 5.41) is 3.39. The first-order valence-corrected chi connectivity index (χ1v) is 5.74. The molecule has 1 atom stereocenters. The fraction of sp³-hybridized carbons (Fsp3) is 0.538. The molecule has 1 N–H and O–H groups in total. The molecule has 0 amide bonds. The summed E-state index contributed by atoms with van der Waals surface area (Å²) in [6.07, 6.45) is 2.36. The number of benzene rings is 1. The normalized spacial score (nSPS) is 19.8. The molecule has 0 radical (unpaired) electrons. The number of methoxy groups -OCH3 is 2. The van der Waals surface area contributed by atoms with Crippen molar-refractivity contribution in [3.05, 3.63) is 23.8 Å². The monoisotopic (exact) mass is 221 g/mol. The van der Waals surface area contributed by atoms with Crippen LogP contribution < -0.4 is 14.8 Å². The zero-order chi connectivity index (χ0) is 11.4. The molecule has 0 bridgehead atoms. The molecule has 1 aliphatic heterocycles. The molecule has 1 fully saturated rings. The van der Waals surface area contributed by atoms with Crippen LogP contribution in [0.25, 0.3) is 0 Å². The van der Waals surface area contributed by atoms with Crippen molar-refractivity contribution in [2.75, 3.05) is 27.3 Å². The van der Waals surface area contributed by atoms with Crippen molar-refractivity contribution >= 4 is 0 Å². The Morgan fingerprint density at radius 2 is 1.88 bits per heavy atom. The van der Waals surface area contributed by atoms with Gasteiger partial charge in [-0.15, -0.1) is 0 Å². The van der Waals surface area contributed by atoms with Gasteiger partial charge in [-0.3, -0.25) is 0 Å². The Morgan fingerprint density at radius 1 is 1.19 bits per heavy atom. The Morgan fingerprint density at radius 3 is 2.38 bits per heavy atom. The lowest BCUT2D eigenvalue weighted by atomic mass is 9.98. The van der Waals surface area contributed by atoms with Gasteiger partial charge < -0.3 is 14.8 Å². The van der Waals surface area contributed by atoms with Gasteiger partial charge in [0.25, 0.3) is 0 Å². The topological polar surface area (TPSA) is 30.5 Å². The lowest BCUT2D eigenvalue weighted by molar-refractivity contribution is 0.392. The highest BCUT2D eigenvalue weighted by atomic mass is 16.5. The van der Waals surface area contributed by atoms with Gasteiger partial charge in [0.1, 0.15) is 11.5 Å². The fourth-order valence-corrected chi connectivity index (χ4v) is 2.21. The highest BCUT2D eigenvalue weighted by molar-refractivity contribution is 5.38. The number of ether oxygens (including phenoxy) is 2. The highest BCUT2D eigenvalue weighted by Gasteiger charge is 2.15. The van der Waals surface area contributed by atoms with Gasteiger partial charge >= 0.3 is 0 Å². The van der Waals surface area contributed by atoms with Crippen LogP contribution in [0.3, 0.4) is 0 Å². The minimum atomic E-state index is 0.747. The molecule has 0 saturated carbocycles. The molecule has 1 aliphatic rings. The molecule has 1 saturated heterocycles. The maximum atomic E-state index is 5.27. The number of rotatable bonds is 4. The summed E-state index contributed by atoms with van der Waals surface area (Å²) in [6, 6.07) is 6.11. The number of hydrogen-bond acceptors (Lipinski definition) is 3. The van der Waals surface area contributed by atoms with Crippen LogP contribution in [-0.2, 0) is 6.42 Å². The van der Waals surface area contributed by atoms with Gasteiger partial charge in [-0.2, -0.15) is 0 Å². The van der Waals surface area contributed by atoms with Gasteiger partial charge in [0, 0.05) is 6.07 Å². The zero-order valence-electron chi connectivity index (χ0n) is 9.95. The molecule has 0 spiro atoms. The molecular weight excluding hydrogens is 202 g/mol. The van der Waals surface area contributed by atoms with Crippen molar-refractivity contribution < 1.29 is 9.47 Å². The van der Waals surface area contributed by atoms with E-state index in [4.69, 9.17) is 9.47 Å². The summed E-state index contributed by atoms with van der Waals surface area (Å²) >= 11 is 0. The summed E-state index contributed by atoms with van der Waals surface area (Å²) in [6.45, 7) is 2.27. The van der Waals surface area contributed by atoms with Crippen LogP contribution in [0.1, 0.15) is 12.0 Å². The van der Waals surface area contributed by atoms with E-state index in [1.807, 2.05) is 6.07 Å². The largest absolute Gasteiger partial charge is 0.497 e. The predicted molar refractivity (Wildman–Crippen MR) is 64.2 cm³/mol. The molecule has 88 valence electrons. The first-order chi connectivity index (χ1) is 7.81. The lowest BCUT2D eigenvalue weighted by Gasteiger charge is -2.11. The van der Waals surface area contributed by atoms with Gasteiger partial charge in [0.2, 0.25) is 0 Å². The van der Waals surface area contributed by atoms with Crippen molar-refractivity contribution in [2.24, 2.45) is 5.92 Å². The fourth-order valence-electron chi connectivity index (χ4n) is 2.21. The van der Waals surface area contributed by atoms with E-state index in [-0.39, 0.29) is 0 Å². The average molecular weight is 221 g/mol. The second kappa shape index (κ2) is 5.21. The number of nitrogens with one attached hydrogen (secondary N) is 1. The van der Waals surface area contributed by atoms with Gasteiger partial charge in [-0.25, -0.2) is 0 Å². The Bertz CT molecular complexity index is 324. The Hall–Kier alpha value is -1.22. The molecule has 2 rings (SSSR count). The molecule has 1 aromatic rings. The second-order valence-corrected chi connectivity index (χ2v) is 4.28. The summed E-state index contributed by atoms with van der Waals surface area (Å²) in [5.74, 6) is 2.50. The summed E-state index contributed by atoms with van der Waals surface area (Å²) in [5.41, 5.74) is 1.30. The molecule has 1 unspecified atom stereocenters. The van der Waals surface area contributed by atoms with E-state index >= 15 is 0 Å². The minimum absolute atomic E-state index is 0.747. The van der Waals surface area contributed by atoms with Crippen molar-refractivity contribution in [1.29, 1.82) is 0 Å². The quantitative estimate of drug-likeness (QED) is 0.841. The van der Waals surface area contributed by atoms with Crippen LogP contribution in [0, 0.1) is 5.92 Å². The van der Waals surface area contributed by atoms with E-state index in [1.54, 1.807) is 14.2 Å². The third kappa shape index (κ3) is 2.67. The maximum absolute atomic E-state index is 5.27. The van der Waals surface area contributed by atoms with E-state index in [1.165, 1.54) is 12.0 Å². The molecule has 16 heavy (non-hydrogen) atoms. The van der Waals surface area contributed by atoms with Crippen LogP contribution in [-0.4, -0.2) is 27.3 Å². The first kappa shape index (κ1) is 11.3. The maximum Gasteiger partial charge on any atom is 0.122 e. The van der Waals surface area contributed by atoms with Crippen molar-refractivity contribution in [1.82, 2.24) is 5.32 Å². The molecule has 0 aliphatic carbocycles. The van der Waals surface area contributed by atoms with Gasteiger partial charge in [0.15, 0.2) is 0 Å². The average Bonchev–Trinajstić information content (AvgIpc) is 2.81. The SMILES string of the molecule is COc1cc(CC2CCNC2)cc(OC)c1. The zero-order valence-corrected chi connectivity index (χ0v) is 9.95. The molecule has 0 aromatic heterocycles. The number of hydrogen-bond donors (Lipinski definition) is 1. The van der Waals surface area contributed by atoms with Crippen LogP contribution >= 0.6 is 0 Å². The standard InChI is InChI=1S/C13H19NO2/c1-15-12-6-11(7-13(8-12)16-2)5-10-3-4-14-9-10/h6-8,10,14H,3-5,9H2,1-2H3. The van der Waals surface area contributed by atoms with Crippen molar-refractivity contribution in [3.63, 3.8) is 0 Å². The van der Waals surface area contributed by atoms with E-state index in [0.29, 0.717) is 0 Å². The first-order valence-electron chi connectivity index (χ1n) is 5.74. The van der Waals surface area contributed by atoms with Crippen molar-refractivity contribution in [3.8, 4) is 11.5 Å². The van der Waals surface area contributed by atoms with E-state index < -0.39 is 0 Å². The minimum Gasteiger partial charge on any atom is -0.497 e. The van der Waals surface area contributed by atoms with Gasteiger partial charge in [0.05, 0.1) is 14.2 Å². The molecule has 1 heterocycles. The van der Waals surface area contributed by atoms with Crippen LogP contribution in [0.4, 0.5) is 0 Å². The van der Waals surface area contributed by atoms with E-state index in [0.717, 1.165) is 36.9 Å².